The average Bonchev–Trinajstić information content (AvgIpc) is 3.17. The van der Waals surface area contributed by atoms with Gasteiger partial charge in [0.25, 0.3) is 0 Å². The molecule has 0 unspecified atom stereocenters. The van der Waals surface area contributed by atoms with Gasteiger partial charge < -0.3 is 9.94 Å². The molecule has 3 heterocycles. The van der Waals surface area contributed by atoms with E-state index in [0.29, 0.717) is 24.4 Å². The number of hydroxylamine groups is 2. The second-order valence-electron chi connectivity index (χ2n) is 8.57. The van der Waals surface area contributed by atoms with E-state index in [4.69, 9.17) is 9.82 Å². The van der Waals surface area contributed by atoms with Crippen LogP contribution in [0.1, 0.15) is 35.7 Å². The van der Waals surface area contributed by atoms with Gasteiger partial charge in [-0.1, -0.05) is 42.5 Å². The molecular weight excluding hydrogens is 435 g/mol. The number of aryl methyl sites for hydroxylation is 1. The van der Waals surface area contributed by atoms with Gasteiger partial charge in [0.05, 0.1) is 17.8 Å². The number of piperidine rings is 1. The van der Waals surface area contributed by atoms with Crippen LogP contribution in [0, 0.1) is 12.7 Å². The molecular formula is C26H25FN4O3. The highest BCUT2D eigenvalue weighted by atomic mass is 19.1. The summed E-state index contributed by atoms with van der Waals surface area (Å²) in [5, 5.41) is 16.8. The van der Waals surface area contributed by atoms with E-state index in [1.54, 1.807) is 23.3 Å². The molecule has 1 aliphatic heterocycles. The maximum absolute atomic E-state index is 13.4. The van der Waals surface area contributed by atoms with E-state index in [1.165, 1.54) is 16.6 Å². The van der Waals surface area contributed by atoms with Crippen LogP contribution in [0.5, 0.6) is 5.88 Å². The predicted octanol–water partition coefficient (Wildman–Crippen LogP) is 4.43. The number of rotatable bonds is 5. The zero-order valence-electron chi connectivity index (χ0n) is 18.8. The Balaban J connectivity index is 1.31. The van der Waals surface area contributed by atoms with Crippen LogP contribution >= 0.6 is 0 Å². The Hall–Kier alpha value is -3.78. The molecule has 5 rings (SSSR count). The lowest BCUT2D eigenvalue weighted by atomic mass is 9.94. The number of aromatic nitrogens is 3. The average molecular weight is 461 g/mol. The largest absolute Gasteiger partial charge is 0.493 e. The molecule has 0 aliphatic carbocycles. The standard InChI is InChI=1S/C26H25FN4O3/c1-17-25(20-7-9-21(27)10-8-20)26-28-22(16-23(32)31(26)29-17)19-11-13-30(14-12-19)34-24(33)15-18-5-3-2-4-6-18/h2-10,16,19,32H,11-15H2,1H3. The fraction of sp³-hybridized carbons (Fsp3) is 0.269. The Kier molecular flexibility index (Phi) is 5.98. The monoisotopic (exact) mass is 460 g/mol. The van der Waals surface area contributed by atoms with Gasteiger partial charge in [0.1, 0.15) is 5.82 Å². The molecule has 0 radical (unpaired) electrons. The van der Waals surface area contributed by atoms with Gasteiger partial charge in [0, 0.05) is 30.6 Å². The molecule has 0 spiro atoms. The molecule has 0 atom stereocenters. The van der Waals surface area contributed by atoms with E-state index in [9.17, 15) is 14.3 Å². The second-order valence-corrected chi connectivity index (χ2v) is 8.57. The summed E-state index contributed by atoms with van der Waals surface area (Å²) in [4.78, 5) is 22.7. The first kappa shape index (κ1) is 22.0. The van der Waals surface area contributed by atoms with Crippen LogP contribution in [0.15, 0.2) is 60.7 Å². The van der Waals surface area contributed by atoms with Crippen molar-refractivity contribution < 1.29 is 19.1 Å². The minimum atomic E-state index is -0.314. The first-order valence-corrected chi connectivity index (χ1v) is 11.3. The van der Waals surface area contributed by atoms with Crippen LogP contribution in [-0.2, 0) is 16.1 Å². The van der Waals surface area contributed by atoms with Gasteiger partial charge >= 0.3 is 5.97 Å². The lowest BCUT2D eigenvalue weighted by Gasteiger charge is -2.30. The van der Waals surface area contributed by atoms with Crippen molar-refractivity contribution in [2.45, 2.75) is 32.1 Å². The number of hydrogen-bond acceptors (Lipinski definition) is 6. The molecule has 1 aliphatic rings. The molecule has 1 saturated heterocycles. The predicted molar refractivity (Wildman–Crippen MR) is 125 cm³/mol. The molecule has 0 saturated carbocycles. The van der Waals surface area contributed by atoms with Crippen molar-refractivity contribution in [3.05, 3.63) is 83.4 Å². The quantitative estimate of drug-likeness (QED) is 0.475. The number of fused-ring (bicyclic) bond motifs is 1. The summed E-state index contributed by atoms with van der Waals surface area (Å²) in [5.74, 6) is -0.476. The normalized spacial score (nSPS) is 15.0. The lowest BCUT2D eigenvalue weighted by molar-refractivity contribution is -0.194. The van der Waals surface area contributed by atoms with E-state index in [0.717, 1.165) is 35.2 Å². The number of nitrogens with zero attached hydrogens (tertiary/aromatic N) is 4. The highest BCUT2D eigenvalue weighted by Crippen LogP contribution is 2.33. The molecule has 7 nitrogen and oxygen atoms in total. The maximum atomic E-state index is 13.4. The second kappa shape index (κ2) is 9.23. The number of benzene rings is 2. The van der Waals surface area contributed by atoms with Gasteiger partial charge in [-0.3, -0.25) is 0 Å². The SMILES string of the molecule is Cc1nn2c(O)cc(C3CCN(OC(=O)Cc4ccccc4)CC3)nc2c1-c1ccc(F)cc1. The van der Waals surface area contributed by atoms with E-state index in [1.807, 2.05) is 37.3 Å². The smallest absolute Gasteiger partial charge is 0.329 e. The molecule has 8 heteroatoms. The van der Waals surface area contributed by atoms with Gasteiger partial charge in [-0.15, -0.1) is 5.06 Å². The minimum absolute atomic E-state index is 0.00757. The van der Waals surface area contributed by atoms with E-state index in [2.05, 4.69) is 5.10 Å². The summed E-state index contributed by atoms with van der Waals surface area (Å²) in [5.41, 5.74) is 4.48. The number of carbonyl (C=O) groups is 1. The highest BCUT2D eigenvalue weighted by Gasteiger charge is 2.26. The van der Waals surface area contributed by atoms with E-state index in [-0.39, 0.29) is 30.0 Å². The van der Waals surface area contributed by atoms with Gasteiger partial charge in [-0.25, -0.2) is 14.2 Å². The third-order valence-corrected chi connectivity index (χ3v) is 6.19. The summed E-state index contributed by atoms with van der Waals surface area (Å²) < 4.78 is 14.8. The first-order chi connectivity index (χ1) is 16.5. The lowest BCUT2D eigenvalue weighted by Crippen LogP contribution is -2.35. The maximum Gasteiger partial charge on any atom is 0.329 e. The van der Waals surface area contributed by atoms with Gasteiger partial charge in [0.15, 0.2) is 5.65 Å². The molecule has 2 aromatic heterocycles. The van der Waals surface area contributed by atoms with Crippen LogP contribution in [0.25, 0.3) is 16.8 Å². The number of aromatic hydroxyl groups is 1. The number of halogens is 1. The van der Waals surface area contributed by atoms with Crippen molar-refractivity contribution in [1.29, 1.82) is 0 Å². The zero-order chi connectivity index (χ0) is 23.7. The Labute approximate surface area is 196 Å². The third kappa shape index (κ3) is 4.49. The molecule has 1 N–H and O–H groups in total. The summed E-state index contributed by atoms with van der Waals surface area (Å²) in [6.07, 6.45) is 1.71. The van der Waals surface area contributed by atoms with E-state index >= 15 is 0 Å². The summed E-state index contributed by atoms with van der Waals surface area (Å²) >= 11 is 0. The summed E-state index contributed by atoms with van der Waals surface area (Å²) in [7, 11) is 0. The van der Waals surface area contributed by atoms with Gasteiger partial charge in [-0.05, 0) is 43.0 Å². The van der Waals surface area contributed by atoms with Crippen LogP contribution < -0.4 is 0 Å². The molecule has 0 bridgehead atoms. The molecule has 4 aromatic rings. The topological polar surface area (TPSA) is 80.0 Å². The molecule has 174 valence electrons. The molecule has 2 aromatic carbocycles. The Bertz CT molecular complexity index is 1310. The number of hydrogen-bond donors (Lipinski definition) is 1. The molecule has 1 fully saturated rings. The van der Waals surface area contributed by atoms with Crippen molar-refractivity contribution in [3.63, 3.8) is 0 Å². The highest BCUT2D eigenvalue weighted by molar-refractivity contribution is 5.80. The van der Waals surface area contributed by atoms with Crippen molar-refractivity contribution in [3.8, 4) is 17.0 Å². The van der Waals surface area contributed by atoms with Crippen molar-refractivity contribution in [2.24, 2.45) is 0 Å². The fourth-order valence-electron chi connectivity index (χ4n) is 4.47. The van der Waals surface area contributed by atoms with Crippen LogP contribution in [-0.4, -0.2) is 43.8 Å². The van der Waals surface area contributed by atoms with Crippen LogP contribution in [0.3, 0.4) is 0 Å². The third-order valence-electron chi connectivity index (χ3n) is 6.19. The molecule has 34 heavy (non-hydrogen) atoms. The Morgan fingerprint density at radius 1 is 1.12 bits per heavy atom. The Morgan fingerprint density at radius 2 is 1.82 bits per heavy atom. The zero-order valence-corrected chi connectivity index (χ0v) is 18.8. The van der Waals surface area contributed by atoms with Crippen molar-refractivity contribution >= 4 is 11.6 Å². The fourth-order valence-corrected chi connectivity index (χ4v) is 4.47. The van der Waals surface area contributed by atoms with Crippen LogP contribution in [0.2, 0.25) is 0 Å². The molecule has 0 amide bonds. The van der Waals surface area contributed by atoms with E-state index < -0.39 is 0 Å². The van der Waals surface area contributed by atoms with Gasteiger partial charge in [-0.2, -0.15) is 9.61 Å². The van der Waals surface area contributed by atoms with Crippen molar-refractivity contribution in [1.82, 2.24) is 19.7 Å². The Morgan fingerprint density at radius 3 is 2.53 bits per heavy atom. The summed E-state index contributed by atoms with van der Waals surface area (Å²) in [6, 6.07) is 17.3. The first-order valence-electron chi connectivity index (χ1n) is 11.3. The summed E-state index contributed by atoms with van der Waals surface area (Å²) in [6.45, 7) is 3.01. The number of carbonyl (C=O) groups excluding carboxylic acids is 1. The van der Waals surface area contributed by atoms with Crippen molar-refractivity contribution in [2.75, 3.05) is 13.1 Å². The minimum Gasteiger partial charge on any atom is -0.493 e. The van der Waals surface area contributed by atoms with Gasteiger partial charge in [0.2, 0.25) is 5.88 Å². The van der Waals surface area contributed by atoms with Crippen LogP contribution in [0.4, 0.5) is 4.39 Å².